The van der Waals surface area contributed by atoms with Gasteiger partial charge < -0.3 is 15.5 Å². The fourth-order valence-electron chi connectivity index (χ4n) is 2.60. The molecule has 0 unspecified atom stereocenters. The van der Waals surface area contributed by atoms with E-state index in [0.29, 0.717) is 18.7 Å². The van der Waals surface area contributed by atoms with Gasteiger partial charge in [-0.2, -0.15) is 13.2 Å². The minimum atomic E-state index is -4.84. The van der Waals surface area contributed by atoms with Crippen LogP contribution in [0.4, 0.5) is 13.2 Å². The van der Waals surface area contributed by atoms with Gasteiger partial charge in [-0.05, 0) is 25.0 Å². The van der Waals surface area contributed by atoms with Gasteiger partial charge in [0.25, 0.3) is 5.91 Å². The maximum absolute atomic E-state index is 12.3. The number of carbonyl (C=O) groups excluding carboxylic acids is 2. The van der Waals surface area contributed by atoms with Crippen LogP contribution in [-0.2, 0) is 4.79 Å². The van der Waals surface area contributed by atoms with E-state index in [1.807, 2.05) is 23.5 Å². The molecule has 2 rings (SSSR count). The van der Waals surface area contributed by atoms with Crippen molar-refractivity contribution >= 4 is 11.8 Å². The van der Waals surface area contributed by atoms with E-state index in [4.69, 9.17) is 0 Å². The summed E-state index contributed by atoms with van der Waals surface area (Å²) in [6.45, 7) is 1.38. The van der Waals surface area contributed by atoms with Crippen LogP contribution in [0.2, 0.25) is 0 Å². The standard InChI is InChI=1S/C16H20F3N3O2/c17-16(18,19)15(24)21-9-8-20-13-6-10-22(11-7-13)14(23)12-4-2-1-3-5-12/h1-5,13,20H,6-11H2,(H,21,24). The molecule has 0 spiro atoms. The molecule has 132 valence electrons. The van der Waals surface area contributed by atoms with Crippen molar-refractivity contribution in [2.75, 3.05) is 26.2 Å². The van der Waals surface area contributed by atoms with Crippen molar-refractivity contribution in [3.05, 3.63) is 35.9 Å². The minimum Gasteiger partial charge on any atom is -0.347 e. The maximum atomic E-state index is 12.3. The van der Waals surface area contributed by atoms with Gasteiger partial charge in [-0.3, -0.25) is 9.59 Å². The first-order valence-electron chi connectivity index (χ1n) is 7.80. The zero-order valence-electron chi connectivity index (χ0n) is 13.1. The molecule has 0 bridgehead atoms. The average Bonchev–Trinajstić information content (AvgIpc) is 2.58. The van der Waals surface area contributed by atoms with E-state index in [1.54, 1.807) is 17.0 Å². The molecule has 24 heavy (non-hydrogen) atoms. The summed E-state index contributed by atoms with van der Waals surface area (Å²) in [5.74, 6) is -1.93. The van der Waals surface area contributed by atoms with Gasteiger partial charge in [-0.25, -0.2) is 0 Å². The van der Waals surface area contributed by atoms with Crippen LogP contribution in [0.5, 0.6) is 0 Å². The van der Waals surface area contributed by atoms with Crippen molar-refractivity contribution in [3.63, 3.8) is 0 Å². The quantitative estimate of drug-likeness (QED) is 0.798. The third-order valence-corrected chi connectivity index (χ3v) is 3.90. The molecule has 1 aromatic carbocycles. The maximum Gasteiger partial charge on any atom is 0.471 e. The van der Waals surface area contributed by atoms with Gasteiger partial charge in [-0.1, -0.05) is 18.2 Å². The Bertz CT molecular complexity index is 555. The van der Waals surface area contributed by atoms with Gasteiger partial charge >= 0.3 is 12.1 Å². The molecule has 1 fully saturated rings. The number of piperidine rings is 1. The molecule has 1 aromatic rings. The summed E-state index contributed by atoms with van der Waals surface area (Å²) in [5.41, 5.74) is 0.652. The summed E-state index contributed by atoms with van der Waals surface area (Å²) in [6, 6.07) is 9.16. The van der Waals surface area contributed by atoms with Crippen LogP contribution in [-0.4, -0.2) is 55.1 Å². The molecule has 0 atom stereocenters. The summed E-state index contributed by atoms with van der Waals surface area (Å²) >= 11 is 0. The Balaban J connectivity index is 1.66. The smallest absolute Gasteiger partial charge is 0.347 e. The number of carbonyl (C=O) groups is 2. The molecule has 1 aliphatic heterocycles. The Morgan fingerprint density at radius 3 is 2.29 bits per heavy atom. The molecule has 8 heteroatoms. The number of benzene rings is 1. The van der Waals surface area contributed by atoms with Crippen LogP contribution in [0.15, 0.2) is 30.3 Å². The van der Waals surface area contributed by atoms with E-state index in [-0.39, 0.29) is 25.0 Å². The topological polar surface area (TPSA) is 61.4 Å². The van der Waals surface area contributed by atoms with Gasteiger partial charge in [0.2, 0.25) is 0 Å². The molecule has 0 aromatic heterocycles. The Hall–Kier alpha value is -2.09. The van der Waals surface area contributed by atoms with Crippen LogP contribution < -0.4 is 10.6 Å². The minimum absolute atomic E-state index is 0.00788. The van der Waals surface area contributed by atoms with E-state index in [1.165, 1.54) is 0 Å². The first-order chi connectivity index (χ1) is 11.4. The summed E-state index contributed by atoms with van der Waals surface area (Å²) in [4.78, 5) is 24.7. The Morgan fingerprint density at radius 2 is 1.71 bits per heavy atom. The summed E-state index contributed by atoms with van der Waals surface area (Å²) < 4.78 is 36.1. The van der Waals surface area contributed by atoms with Crippen LogP contribution in [0.25, 0.3) is 0 Å². The number of alkyl halides is 3. The molecular formula is C16H20F3N3O2. The molecule has 2 N–H and O–H groups in total. The summed E-state index contributed by atoms with van der Waals surface area (Å²) in [6.07, 6.45) is -3.39. The molecule has 1 saturated heterocycles. The summed E-state index contributed by atoms with van der Waals surface area (Å²) in [5, 5.41) is 4.93. The van der Waals surface area contributed by atoms with E-state index in [0.717, 1.165) is 12.8 Å². The first kappa shape index (κ1) is 18.3. The second-order valence-electron chi connectivity index (χ2n) is 5.64. The summed E-state index contributed by atoms with van der Waals surface area (Å²) in [7, 11) is 0. The number of nitrogens with one attached hydrogen (secondary N) is 2. The van der Waals surface area contributed by atoms with E-state index < -0.39 is 12.1 Å². The largest absolute Gasteiger partial charge is 0.471 e. The lowest BCUT2D eigenvalue weighted by molar-refractivity contribution is -0.173. The van der Waals surface area contributed by atoms with Gasteiger partial charge in [0.1, 0.15) is 0 Å². The lowest BCUT2D eigenvalue weighted by Gasteiger charge is -2.32. The predicted octanol–water partition coefficient (Wildman–Crippen LogP) is 1.56. The Labute approximate surface area is 138 Å². The second kappa shape index (κ2) is 8.14. The normalized spacial score (nSPS) is 16.0. The van der Waals surface area contributed by atoms with Crippen molar-refractivity contribution in [2.24, 2.45) is 0 Å². The van der Waals surface area contributed by atoms with E-state index in [9.17, 15) is 22.8 Å². The van der Waals surface area contributed by atoms with Crippen LogP contribution in [0.1, 0.15) is 23.2 Å². The number of likely N-dealkylation sites (tertiary alicyclic amines) is 1. The average molecular weight is 343 g/mol. The molecule has 5 nitrogen and oxygen atoms in total. The van der Waals surface area contributed by atoms with Gasteiger partial charge in [0.05, 0.1) is 0 Å². The molecule has 0 radical (unpaired) electrons. The SMILES string of the molecule is O=C(c1ccccc1)N1CCC(NCCNC(=O)C(F)(F)F)CC1. The van der Waals surface area contributed by atoms with Crippen molar-refractivity contribution in [1.82, 2.24) is 15.5 Å². The number of nitrogens with zero attached hydrogens (tertiary/aromatic N) is 1. The lowest BCUT2D eigenvalue weighted by Crippen LogP contribution is -2.47. The molecular weight excluding hydrogens is 323 g/mol. The second-order valence-corrected chi connectivity index (χ2v) is 5.64. The molecule has 0 aliphatic carbocycles. The highest BCUT2D eigenvalue weighted by Crippen LogP contribution is 2.15. The van der Waals surface area contributed by atoms with Gasteiger partial charge in [0.15, 0.2) is 0 Å². The molecule has 1 heterocycles. The molecule has 2 amide bonds. The zero-order chi connectivity index (χ0) is 17.6. The third kappa shape index (κ3) is 5.23. The number of halogens is 3. The fraction of sp³-hybridized carbons (Fsp3) is 0.500. The Kier molecular flexibility index (Phi) is 6.19. The fourth-order valence-corrected chi connectivity index (χ4v) is 2.60. The first-order valence-corrected chi connectivity index (χ1v) is 7.80. The van der Waals surface area contributed by atoms with Crippen molar-refractivity contribution in [3.8, 4) is 0 Å². The highest BCUT2D eigenvalue weighted by Gasteiger charge is 2.38. The van der Waals surface area contributed by atoms with Gasteiger partial charge in [0, 0.05) is 37.8 Å². The van der Waals surface area contributed by atoms with E-state index >= 15 is 0 Å². The Morgan fingerprint density at radius 1 is 1.08 bits per heavy atom. The molecule has 0 saturated carbocycles. The van der Waals surface area contributed by atoms with Crippen LogP contribution >= 0.6 is 0 Å². The predicted molar refractivity (Wildman–Crippen MR) is 82.4 cm³/mol. The lowest BCUT2D eigenvalue weighted by atomic mass is 10.0. The van der Waals surface area contributed by atoms with Crippen LogP contribution in [0, 0.1) is 0 Å². The number of amides is 2. The highest BCUT2D eigenvalue weighted by atomic mass is 19.4. The van der Waals surface area contributed by atoms with E-state index in [2.05, 4.69) is 5.32 Å². The van der Waals surface area contributed by atoms with Gasteiger partial charge in [-0.15, -0.1) is 0 Å². The third-order valence-electron chi connectivity index (χ3n) is 3.90. The van der Waals surface area contributed by atoms with Crippen molar-refractivity contribution < 1.29 is 22.8 Å². The highest BCUT2D eigenvalue weighted by molar-refractivity contribution is 5.94. The zero-order valence-corrected chi connectivity index (χ0v) is 13.1. The van der Waals surface area contributed by atoms with Crippen molar-refractivity contribution in [1.29, 1.82) is 0 Å². The number of hydrogen-bond donors (Lipinski definition) is 2. The number of hydrogen-bond acceptors (Lipinski definition) is 3. The van der Waals surface area contributed by atoms with Crippen molar-refractivity contribution in [2.45, 2.75) is 25.1 Å². The molecule has 1 aliphatic rings. The number of rotatable bonds is 5. The monoisotopic (exact) mass is 343 g/mol. The van der Waals surface area contributed by atoms with Crippen LogP contribution in [0.3, 0.4) is 0 Å².